The van der Waals surface area contributed by atoms with Gasteiger partial charge in [0.2, 0.25) is 0 Å². The van der Waals surface area contributed by atoms with E-state index in [-0.39, 0.29) is 18.1 Å². The Morgan fingerprint density at radius 1 is 1.42 bits per heavy atom. The minimum Gasteiger partial charge on any atom is -0.481 e. The van der Waals surface area contributed by atoms with Gasteiger partial charge in [-0.3, -0.25) is 9.69 Å². The predicted molar refractivity (Wildman–Crippen MR) is 74.1 cm³/mol. The summed E-state index contributed by atoms with van der Waals surface area (Å²) in [6.45, 7) is 6.98. The lowest BCUT2D eigenvalue weighted by atomic mass is 9.76. The van der Waals surface area contributed by atoms with Crippen molar-refractivity contribution in [1.29, 1.82) is 0 Å². The first kappa shape index (κ1) is 14.8. The second-order valence-electron chi connectivity index (χ2n) is 6.13. The Balaban J connectivity index is 2.08. The Hall–Kier alpha value is -0.610. The van der Waals surface area contributed by atoms with Crippen molar-refractivity contribution in [2.75, 3.05) is 19.7 Å². The molecule has 4 atom stereocenters. The van der Waals surface area contributed by atoms with Crippen LogP contribution in [-0.2, 0) is 9.53 Å². The van der Waals surface area contributed by atoms with Crippen LogP contribution in [0, 0.1) is 11.8 Å². The van der Waals surface area contributed by atoms with E-state index in [0.29, 0.717) is 5.92 Å². The molecule has 0 aromatic rings. The van der Waals surface area contributed by atoms with Crippen LogP contribution in [0.15, 0.2) is 0 Å². The normalized spacial score (nSPS) is 37.8. The van der Waals surface area contributed by atoms with Crippen molar-refractivity contribution in [3.63, 3.8) is 0 Å². The average Bonchev–Trinajstić information content (AvgIpc) is 2.62. The molecule has 2 rings (SSSR count). The molecule has 4 heteroatoms. The second-order valence-corrected chi connectivity index (χ2v) is 6.13. The van der Waals surface area contributed by atoms with E-state index in [9.17, 15) is 9.90 Å². The summed E-state index contributed by atoms with van der Waals surface area (Å²) in [5, 5.41) is 9.48. The van der Waals surface area contributed by atoms with E-state index in [1.165, 1.54) is 6.42 Å². The maximum atomic E-state index is 11.5. The Morgan fingerprint density at radius 3 is 2.89 bits per heavy atom. The zero-order chi connectivity index (χ0) is 13.8. The number of hydrogen-bond donors (Lipinski definition) is 1. The van der Waals surface area contributed by atoms with Crippen LogP contribution < -0.4 is 0 Å². The van der Waals surface area contributed by atoms with Crippen molar-refractivity contribution in [2.45, 2.75) is 58.1 Å². The van der Waals surface area contributed by atoms with Crippen LogP contribution in [0.2, 0.25) is 0 Å². The highest BCUT2D eigenvalue weighted by Crippen LogP contribution is 2.35. The van der Waals surface area contributed by atoms with E-state index in [2.05, 4.69) is 18.7 Å². The zero-order valence-corrected chi connectivity index (χ0v) is 12.2. The fourth-order valence-electron chi connectivity index (χ4n) is 3.62. The van der Waals surface area contributed by atoms with Gasteiger partial charge in [-0.05, 0) is 38.5 Å². The van der Waals surface area contributed by atoms with Crippen LogP contribution in [0.3, 0.4) is 0 Å². The number of carboxylic acids is 1. The smallest absolute Gasteiger partial charge is 0.308 e. The third-order valence-corrected chi connectivity index (χ3v) is 4.77. The number of carbonyl (C=O) groups is 1. The van der Waals surface area contributed by atoms with Gasteiger partial charge < -0.3 is 9.84 Å². The highest BCUT2D eigenvalue weighted by Gasteiger charge is 2.38. The number of carboxylic acid groups (broad SMARTS) is 1. The Morgan fingerprint density at radius 2 is 2.21 bits per heavy atom. The molecule has 0 aromatic heterocycles. The van der Waals surface area contributed by atoms with E-state index in [4.69, 9.17) is 4.74 Å². The van der Waals surface area contributed by atoms with E-state index >= 15 is 0 Å². The second kappa shape index (κ2) is 6.71. The lowest BCUT2D eigenvalue weighted by molar-refractivity contribution is -0.146. The largest absolute Gasteiger partial charge is 0.481 e. The van der Waals surface area contributed by atoms with Crippen molar-refractivity contribution in [3.05, 3.63) is 0 Å². The van der Waals surface area contributed by atoms with Gasteiger partial charge in [-0.25, -0.2) is 0 Å². The van der Waals surface area contributed by atoms with E-state index in [0.717, 1.165) is 45.4 Å². The molecule has 1 aliphatic carbocycles. The van der Waals surface area contributed by atoms with Gasteiger partial charge in [-0.2, -0.15) is 0 Å². The predicted octanol–water partition coefficient (Wildman–Crippen LogP) is 2.38. The summed E-state index contributed by atoms with van der Waals surface area (Å²) < 4.78 is 5.68. The first-order valence-electron chi connectivity index (χ1n) is 7.70. The van der Waals surface area contributed by atoms with Crippen LogP contribution in [0.25, 0.3) is 0 Å². The zero-order valence-electron chi connectivity index (χ0n) is 12.2. The minimum atomic E-state index is -0.614. The molecule has 2 fully saturated rings. The number of rotatable bonds is 3. The number of aliphatic carboxylic acids is 1. The first-order valence-corrected chi connectivity index (χ1v) is 7.70. The van der Waals surface area contributed by atoms with Crippen LogP contribution >= 0.6 is 0 Å². The van der Waals surface area contributed by atoms with Crippen LogP contribution in [0.4, 0.5) is 0 Å². The topological polar surface area (TPSA) is 49.8 Å². The average molecular weight is 269 g/mol. The summed E-state index contributed by atoms with van der Waals surface area (Å²) in [5.74, 6) is -0.106. The number of nitrogens with zero attached hydrogens (tertiary/aromatic N) is 1. The maximum absolute atomic E-state index is 11.5. The SMILES string of the molecule is CCC1CCC(C(=O)O)C(N2CCCOC(C)C2)C1. The molecule has 4 nitrogen and oxygen atoms in total. The summed E-state index contributed by atoms with van der Waals surface area (Å²) in [7, 11) is 0. The van der Waals surface area contributed by atoms with Crippen molar-refractivity contribution < 1.29 is 14.6 Å². The van der Waals surface area contributed by atoms with Gasteiger partial charge in [0, 0.05) is 25.7 Å². The summed E-state index contributed by atoms with van der Waals surface area (Å²) in [6, 6.07) is 0.209. The lowest BCUT2D eigenvalue weighted by Crippen LogP contribution is -2.49. The van der Waals surface area contributed by atoms with Crippen LogP contribution in [0.1, 0.15) is 46.0 Å². The van der Waals surface area contributed by atoms with Crippen LogP contribution in [-0.4, -0.2) is 47.8 Å². The standard InChI is InChI=1S/C15H27NO3/c1-3-12-5-6-13(15(17)18)14(9-12)16-7-4-8-19-11(2)10-16/h11-14H,3-10H2,1-2H3,(H,17,18). The van der Waals surface area contributed by atoms with Gasteiger partial charge in [-0.15, -0.1) is 0 Å². The van der Waals surface area contributed by atoms with E-state index in [1.807, 2.05) is 0 Å². The molecule has 0 amide bonds. The Labute approximate surface area is 116 Å². The number of hydrogen-bond acceptors (Lipinski definition) is 3. The molecule has 2 aliphatic rings. The van der Waals surface area contributed by atoms with Gasteiger partial charge in [0.1, 0.15) is 0 Å². The third kappa shape index (κ3) is 3.69. The molecule has 110 valence electrons. The molecule has 1 heterocycles. The molecule has 1 N–H and O–H groups in total. The van der Waals surface area contributed by atoms with Crippen LogP contribution in [0.5, 0.6) is 0 Å². The molecular formula is C15H27NO3. The molecule has 19 heavy (non-hydrogen) atoms. The van der Waals surface area contributed by atoms with E-state index < -0.39 is 5.97 Å². The molecule has 0 bridgehead atoms. The van der Waals surface area contributed by atoms with Crippen molar-refractivity contribution >= 4 is 5.97 Å². The number of ether oxygens (including phenoxy) is 1. The highest BCUT2D eigenvalue weighted by atomic mass is 16.5. The third-order valence-electron chi connectivity index (χ3n) is 4.77. The molecule has 1 aliphatic heterocycles. The maximum Gasteiger partial charge on any atom is 0.308 e. The van der Waals surface area contributed by atoms with Gasteiger partial charge >= 0.3 is 5.97 Å². The molecule has 0 radical (unpaired) electrons. The lowest BCUT2D eigenvalue weighted by Gasteiger charge is -2.41. The minimum absolute atomic E-state index is 0.187. The van der Waals surface area contributed by atoms with E-state index in [1.54, 1.807) is 0 Å². The Bertz CT molecular complexity index is 308. The fraction of sp³-hybridized carbons (Fsp3) is 0.933. The quantitative estimate of drug-likeness (QED) is 0.854. The van der Waals surface area contributed by atoms with Gasteiger partial charge in [0.15, 0.2) is 0 Å². The molecule has 1 saturated carbocycles. The summed E-state index contributed by atoms with van der Waals surface area (Å²) in [5.41, 5.74) is 0. The highest BCUT2D eigenvalue weighted by molar-refractivity contribution is 5.71. The fourth-order valence-corrected chi connectivity index (χ4v) is 3.62. The summed E-state index contributed by atoms with van der Waals surface area (Å²) in [6.07, 6.45) is 5.36. The summed E-state index contributed by atoms with van der Waals surface area (Å²) >= 11 is 0. The van der Waals surface area contributed by atoms with Gasteiger partial charge in [0.05, 0.1) is 12.0 Å². The van der Waals surface area contributed by atoms with Crippen molar-refractivity contribution in [3.8, 4) is 0 Å². The van der Waals surface area contributed by atoms with Crippen molar-refractivity contribution in [1.82, 2.24) is 4.90 Å². The molecule has 0 spiro atoms. The van der Waals surface area contributed by atoms with Crippen molar-refractivity contribution in [2.24, 2.45) is 11.8 Å². The van der Waals surface area contributed by atoms with Gasteiger partial charge in [0.25, 0.3) is 0 Å². The monoisotopic (exact) mass is 269 g/mol. The summed E-state index contributed by atoms with van der Waals surface area (Å²) in [4.78, 5) is 13.9. The van der Waals surface area contributed by atoms with Gasteiger partial charge in [-0.1, -0.05) is 13.3 Å². The molecular weight excluding hydrogens is 242 g/mol. The Kier molecular flexibility index (Phi) is 5.22. The first-order chi connectivity index (χ1) is 9.11. The molecule has 4 unspecified atom stereocenters. The molecule has 1 saturated heterocycles. The molecule has 0 aromatic carbocycles.